The summed E-state index contributed by atoms with van der Waals surface area (Å²) in [6.07, 6.45) is -10.8. The van der Waals surface area contributed by atoms with Crippen LogP contribution in [0, 0.1) is 0 Å². The Hall–Kier alpha value is -4.42. The molecule has 19 nitrogen and oxygen atoms in total. The number of hydrogen-bond acceptors (Lipinski definition) is 13. The third kappa shape index (κ3) is 7.78. The van der Waals surface area contributed by atoms with E-state index in [0.29, 0.717) is 0 Å². The van der Waals surface area contributed by atoms with E-state index in [4.69, 9.17) is 33.2 Å². The van der Waals surface area contributed by atoms with Crippen molar-refractivity contribution in [3.05, 3.63) is 0 Å². The van der Waals surface area contributed by atoms with Crippen molar-refractivity contribution in [2.75, 3.05) is 55.5 Å². The highest BCUT2D eigenvalue weighted by atomic mass is 16.9. The predicted molar refractivity (Wildman–Crippen MR) is 117 cm³/mol. The molecule has 1 heterocycles. The zero-order valence-electron chi connectivity index (χ0n) is 20.9. The molecule has 1 aliphatic heterocycles. The molecular formula is C18H30N6O13. The number of carbonyl (C=O) groups is 6. The van der Waals surface area contributed by atoms with E-state index in [-0.39, 0.29) is 0 Å². The van der Waals surface area contributed by atoms with Gasteiger partial charge in [-0.2, -0.15) is 0 Å². The van der Waals surface area contributed by atoms with Gasteiger partial charge in [0.15, 0.2) is 13.2 Å². The van der Waals surface area contributed by atoms with Gasteiger partial charge in [0.1, 0.15) is 0 Å². The van der Waals surface area contributed by atoms with E-state index in [1.54, 1.807) is 0 Å². The number of amides is 6. The number of carbonyl (C=O) groups excluding carboxylic acids is 6. The zero-order chi connectivity index (χ0) is 28.2. The van der Waals surface area contributed by atoms with Gasteiger partial charge in [-0.3, -0.25) is 4.74 Å². The summed E-state index contributed by atoms with van der Waals surface area (Å²) in [7, 11) is 7.13. The van der Waals surface area contributed by atoms with Crippen LogP contribution in [0.5, 0.6) is 0 Å². The fourth-order valence-corrected chi connectivity index (χ4v) is 2.85. The number of hydrogen-bond donors (Lipinski definition) is 6. The molecule has 0 spiro atoms. The van der Waals surface area contributed by atoms with E-state index in [0.717, 1.165) is 0 Å². The van der Waals surface area contributed by atoms with Gasteiger partial charge >= 0.3 is 36.6 Å². The van der Waals surface area contributed by atoms with Crippen LogP contribution in [-0.2, 0) is 33.2 Å². The molecule has 0 aromatic rings. The summed E-state index contributed by atoms with van der Waals surface area (Å²) in [5.41, 5.74) is 0. The maximum Gasteiger partial charge on any atom is 0.409 e. The summed E-state index contributed by atoms with van der Waals surface area (Å²) in [4.78, 5) is 72.9. The molecule has 0 aliphatic carbocycles. The van der Waals surface area contributed by atoms with Gasteiger partial charge in [0.25, 0.3) is 11.6 Å². The molecule has 1 rings (SSSR count). The van der Waals surface area contributed by atoms with Crippen LogP contribution in [-0.4, -0.2) is 116 Å². The van der Waals surface area contributed by atoms with Crippen LogP contribution in [0.2, 0.25) is 0 Å². The van der Waals surface area contributed by atoms with Crippen LogP contribution < -0.4 is 31.9 Å². The highest BCUT2D eigenvalue weighted by molar-refractivity contribution is 5.71. The highest BCUT2D eigenvalue weighted by Gasteiger charge is 2.73. The van der Waals surface area contributed by atoms with Crippen LogP contribution in [0.25, 0.3) is 0 Å². The lowest BCUT2D eigenvalue weighted by Crippen LogP contribution is -2.56. The van der Waals surface area contributed by atoms with Gasteiger partial charge < -0.3 is 60.3 Å². The van der Waals surface area contributed by atoms with E-state index in [2.05, 4.69) is 31.9 Å². The van der Waals surface area contributed by atoms with Crippen molar-refractivity contribution in [1.29, 1.82) is 0 Å². The lowest BCUT2D eigenvalue weighted by atomic mass is 10.0. The number of nitrogens with one attached hydrogen (secondary N) is 6. The van der Waals surface area contributed by atoms with Crippen LogP contribution >= 0.6 is 0 Å². The quantitative estimate of drug-likeness (QED) is 0.189. The van der Waals surface area contributed by atoms with Crippen LogP contribution in [0.3, 0.4) is 0 Å². The van der Waals surface area contributed by atoms with E-state index in [1.165, 1.54) is 42.3 Å². The first kappa shape index (κ1) is 30.6. The monoisotopic (exact) mass is 538 g/mol. The summed E-state index contributed by atoms with van der Waals surface area (Å²) < 4.78 is 36.9. The van der Waals surface area contributed by atoms with Crippen molar-refractivity contribution < 1.29 is 61.9 Å². The Balaban J connectivity index is 3.85. The fraction of sp³-hybridized carbons (Fsp3) is 0.667. The Morgan fingerprint density at radius 1 is 0.541 bits per heavy atom. The van der Waals surface area contributed by atoms with Crippen LogP contribution in [0.15, 0.2) is 0 Å². The molecular weight excluding hydrogens is 508 g/mol. The number of alkyl carbamates (subject to hydrolysis) is 6. The fourth-order valence-electron chi connectivity index (χ4n) is 2.85. The van der Waals surface area contributed by atoms with E-state index >= 15 is 0 Å². The second-order valence-electron chi connectivity index (χ2n) is 6.81. The van der Waals surface area contributed by atoms with Crippen molar-refractivity contribution >= 4 is 36.6 Å². The SMILES string of the molecule is CNC(=O)OC[C@]1(OC(=O)NC)O[C@](COC(=O)NC)(OC(=O)NC)[C@@H](OC(=O)NC)[C@@H]1OC(=O)NC. The third-order valence-electron chi connectivity index (χ3n) is 4.52. The maximum atomic E-state index is 12.3. The molecule has 37 heavy (non-hydrogen) atoms. The van der Waals surface area contributed by atoms with Gasteiger partial charge in [0.05, 0.1) is 0 Å². The third-order valence-corrected chi connectivity index (χ3v) is 4.52. The molecule has 0 saturated carbocycles. The molecule has 0 bridgehead atoms. The van der Waals surface area contributed by atoms with Gasteiger partial charge in [-0.25, -0.2) is 28.8 Å². The van der Waals surface area contributed by atoms with Crippen LogP contribution in [0.1, 0.15) is 0 Å². The summed E-state index contributed by atoms with van der Waals surface area (Å²) in [6.45, 7) is -2.01. The second kappa shape index (κ2) is 13.6. The average Bonchev–Trinajstić information content (AvgIpc) is 3.13. The molecule has 4 atom stereocenters. The molecule has 0 aromatic carbocycles. The van der Waals surface area contributed by atoms with Crippen molar-refractivity contribution in [3.8, 4) is 0 Å². The minimum Gasteiger partial charge on any atom is -0.442 e. The number of rotatable bonds is 8. The van der Waals surface area contributed by atoms with Gasteiger partial charge in [0.2, 0.25) is 12.2 Å². The normalized spacial score (nSPS) is 23.8. The van der Waals surface area contributed by atoms with Crippen molar-refractivity contribution in [2.24, 2.45) is 0 Å². The second-order valence-corrected chi connectivity index (χ2v) is 6.81. The molecule has 210 valence electrons. The van der Waals surface area contributed by atoms with E-state index in [9.17, 15) is 28.8 Å². The Morgan fingerprint density at radius 3 is 1.11 bits per heavy atom. The molecule has 0 radical (unpaired) electrons. The Morgan fingerprint density at radius 2 is 0.838 bits per heavy atom. The smallest absolute Gasteiger partial charge is 0.409 e. The molecule has 6 amide bonds. The highest BCUT2D eigenvalue weighted by Crippen LogP contribution is 2.45. The summed E-state index contributed by atoms with van der Waals surface area (Å²) in [5, 5.41) is 12.8. The molecule has 1 aliphatic rings. The van der Waals surface area contributed by atoms with Gasteiger partial charge in [0, 0.05) is 42.3 Å². The molecule has 0 unspecified atom stereocenters. The molecule has 6 N–H and O–H groups in total. The number of ether oxygens (including phenoxy) is 7. The molecule has 19 heteroatoms. The van der Waals surface area contributed by atoms with E-state index in [1.807, 2.05) is 0 Å². The molecule has 1 saturated heterocycles. The Kier molecular flexibility index (Phi) is 11.3. The standard InChI is InChI=1S/C18H30N6O13/c1-19-11(25)31-7-17(35-15(29)23-5)9(33-13(27)21-3)10(34-14(28)22-4)18(37-17,36-16(30)24-6)8-32-12(26)20-2/h9-10H,7-8H2,1-6H3,(H,19,25)(H,20,26)(H,21,27)(H,22,28)(H,23,29)(H,24,30)/t9-,10-,17-,18-/m0/s1. The maximum absolute atomic E-state index is 12.3. The first-order valence-corrected chi connectivity index (χ1v) is 10.4. The van der Waals surface area contributed by atoms with Crippen LogP contribution in [0.4, 0.5) is 28.8 Å². The largest absolute Gasteiger partial charge is 0.442 e. The first-order valence-electron chi connectivity index (χ1n) is 10.4. The summed E-state index contributed by atoms with van der Waals surface area (Å²) in [5.74, 6) is -5.28. The minimum atomic E-state index is -2.64. The lowest BCUT2D eigenvalue weighted by Gasteiger charge is -2.33. The van der Waals surface area contributed by atoms with Gasteiger partial charge in [-0.1, -0.05) is 0 Å². The first-order chi connectivity index (χ1) is 17.5. The Bertz CT molecular complexity index is 805. The van der Waals surface area contributed by atoms with Gasteiger partial charge in [-0.15, -0.1) is 0 Å². The Labute approximate surface area is 210 Å². The van der Waals surface area contributed by atoms with Crippen molar-refractivity contribution in [1.82, 2.24) is 31.9 Å². The topological polar surface area (TPSA) is 239 Å². The minimum absolute atomic E-state index is 1.01. The summed E-state index contributed by atoms with van der Waals surface area (Å²) >= 11 is 0. The summed E-state index contributed by atoms with van der Waals surface area (Å²) in [6, 6.07) is 0. The predicted octanol–water partition coefficient (Wildman–Crippen LogP) is -1.72. The molecule has 1 fully saturated rings. The van der Waals surface area contributed by atoms with Crippen molar-refractivity contribution in [3.63, 3.8) is 0 Å². The van der Waals surface area contributed by atoms with Crippen molar-refractivity contribution in [2.45, 2.75) is 23.8 Å². The molecule has 0 aromatic heterocycles. The lowest BCUT2D eigenvalue weighted by molar-refractivity contribution is -0.317. The van der Waals surface area contributed by atoms with Gasteiger partial charge in [-0.05, 0) is 0 Å². The average molecular weight is 538 g/mol. The van der Waals surface area contributed by atoms with E-state index < -0.39 is 73.6 Å². The zero-order valence-corrected chi connectivity index (χ0v) is 20.9.